The summed E-state index contributed by atoms with van der Waals surface area (Å²) >= 11 is 3.10. The summed E-state index contributed by atoms with van der Waals surface area (Å²) in [6.45, 7) is 1.34. The molecule has 0 spiro atoms. The van der Waals surface area contributed by atoms with Crippen molar-refractivity contribution in [1.29, 1.82) is 0 Å². The van der Waals surface area contributed by atoms with E-state index in [0.717, 1.165) is 5.03 Å². The average molecular weight is 386 g/mol. The lowest BCUT2D eigenvalue weighted by molar-refractivity contribution is -0.132. The summed E-state index contributed by atoms with van der Waals surface area (Å²) in [5, 5.41) is 12.3. The molecular formula is C20H19NO3S2. The molecule has 2 aromatic rings. The Hall–Kier alpha value is -2.31. The van der Waals surface area contributed by atoms with Crippen LogP contribution in [0.1, 0.15) is 21.7 Å². The van der Waals surface area contributed by atoms with E-state index in [1.807, 2.05) is 41.8 Å². The number of thioether (sulfide) groups is 1. The van der Waals surface area contributed by atoms with Crippen molar-refractivity contribution in [2.75, 3.05) is 12.3 Å². The van der Waals surface area contributed by atoms with Gasteiger partial charge in [-0.3, -0.25) is 4.79 Å². The van der Waals surface area contributed by atoms with Crippen molar-refractivity contribution in [2.24, 2.45) is 0 Å². The smallest absolute Gasteiger partial charge is 0.338 e. The summed E-state index contributed by atoms with van der Waals surface area (Å²) in [4.78, 5) is 27.1. The standard InChI is InChI=1S/C20H19NO3S2/c22-18(15-6-2-1-3-7-15)10-13-26-19-17(20(23)24)9-4-11-21(19)14-16-8-5-12-25-16/h1-9,12H,10-11,13-14H2,(H,23,24). The Morgan fingerprint density at radius 3 is 2.65 bits per heavy atom. The van der Waals surface area contributed by atoms with Crippen LogP contribution < -0.4 is 0 Å². The first-order valence-electron chi connectivity index (χ1n) is 8.27. The normalized spacial score (nSPS) is 13.9. The monoisotopic (exact) mass is 385 g/mol. The summed E-state index contributed by atoms with van der Waals surface area (Å²) < 4.78 is 0. The molecule has 0 unspecified atom stereocenters. The summed E-state index contributed by atoms with van der Waals surface area (Å²) in [6, 6.07) is 13.2. The van der Waals surface area contributed by atoms with Crippen LogP contribution in [0.5, 0.6) is 0 Å². The highest BCUT2D eigenvalue weighted by atomic mass is 32.2. The van der Waals surface area contributed by atoms with E-state index in [1.165, 1.54) is 16.6 Å². The fraction of sp³-hybridized carbons (Fsp3) is 0.200. The number of carboxylic acid groups (broad SMARTS) is 1. The summed E-state index contributed by atoms with van der Waals surface area (Å²) in [6.07, 6.45) is 3.91. The molecule has 3 rings (SSSR count). The number of thiophene rings is 1. The quantitative estimate of drug-likeness (QED) is 0.682. The molecule has 0 saturated carbocycles. The Kier molecular flexibility index (Phi) is 6.30. The zero-order valence-corrected chi connectivity index (χ0v) is 15.8. The Labute approximate surface area is 160 Å². The Balaban J connectivity index is 1.69. The zero-order chi connectivity index (χ0) is 18.4. The number of Topliss-reactive ketones (excluding diaryl/α,β-unsaturated/α-hetero) is 1. The third-order valence-electron chi connectivity index (χ3n) is 3.95. The molecule has 2 heterocycles. The van der Waals surface area contributed by atoms with Crippen LogP contribution in [0.25, 0.3) is 0 Å². The second-order valence-corrected chi connectivity index (χ2v) is 7.89. The first kappa shape index (κ1) is 18.5. The van der Waals surface area contributed by atoms with Gasteiger partial charge in [0, 0.05) is 29.2 Å². The van der Waals surface area contributed by atoms with E-state index in [2.05, 4.69) is 4.90 Å². The fourth-order valence-corrected chi connectivity index (χ4v) is 4.52. The summed E-state index contributed by atoms with van der Waals surface area (Å²) in [5.74, 6) is -0.310. The molecular weight excluding hydrogens is 366 g/mol. The topological polar surface area (TPSA) is 57.6 Å². The van der Waals surface area contributed by atoms with Gasteiger partial charge in [0.15, 0.2) is 5.78 Å². The molecule has 1 aromatic heterocycles. The highest BCUT2D eigenvalue weighted by molar-refractivity contribution is 8.03. The van der Waals surface area contributed by atoms with Gasteiger partial charge in [-0.25, -0.2) is 4.79 Å². The van der Waals surface area contributed by atoms with Gasteiger partial charge in [-0.15, -0.1) is 23.1 Å². The largest absolute Gasteiger partial charge is 0.478 e. The van der Waals surface area contributed by atoms with Crippen molar-refractivity contribution in [3.05, 3.63) is 81.0 Å². The number of rotatable bonds is 8. The van der Waals surface area contributed by atoms with E-state index >= 15 is 0 Å². The number of nitrogens with zero attached hydrogens (tertiary/aromatic N) is 1. The number of hydrogen-bond acceptors (Lipinski definition) is 5. The molecule has 134 valence electrons. The van der Waals surface area contributed by atoms with Gasteiger partial charge in [0.2, 0.25) is 0 Å². The Morgan fingerprint density at radius 2 is 1.96 bits per heavy atom. The van der Waals surface area contributed by atoms with Crippen molar-refractivity contribution in [2.45, 2.75) is 13.0 Å². The minimum absolute atomic E-state index is 0.0757. The molecule has 26 heavy (non-hydrogen) atoms. The molecule has 1 N–H and O–H groups in total. The van der Waals surface area contributed by atoms with E-state index < -0.39 is 5.97 Å². The number of carbonyl (C=O) groups is 2. The van der Waals surface area contributed by atoms with E-state index in [0.29, 0.717) is 36.4 Å². The summed E-state index contributed by atoms with van der Waals surface area (Å²) in [7, 11) is 0. The van der Waals surface area contributed by atoms with Crippen molar-refractivity contribution in [3.8, 4) is 0 Å². The Morgan fingerprint density at radius 1 is 1.15 bits per heavy atom. The maximum absolute atomic E-state index is 12.3. The van der Waals surface area contributed by atoms with Crippen molar-refractivity contribution in [1.82, 2.24) is 4.90 Å². The zero-order valence-electron chi connectivity index (χ0n) is 14.1. The van der Waals surface area contributed by atoms with Gasteiger partial charge in [-0.05, 0) is 17.5 Å². The van der Waals surface area contributed by atoms with Gasteiger partial charge >= 0.3 is 5.97 Å². The van der Waals surface area contributed by atoms with Gasteiger partial charge in [0.1, 0.15) is 0 Å². The second-order valence-electron chi connectivity index (χ2n) is 5.77. The molecule has 0 saturated heterocycles. The fourth-order valence-electron chi connectivity index (χ4n) is 2.69. The molecule has 1 aromatic carbocycles. The average Bonchev–Trinajstić information content (AvgIpc) is 3.16. The number of hydrogen-bond donors (Lipinski definition) is 1. The maximum atomic E-state index is 12.3. The molecule has 0 bridgehead atoms. The molecule has 0 radical (unpaired) electrons. The van der Waals surface area contributed by atoms with Gasteiger partial charge in [-0.2, -0.15) is 0 Å². The molecule has 0 aliphatic carbocycles. The van der Waals surface area contributed by atoms with E-state index in [1.54, 1.807) is 29.5 Å². The predicted octanol–water partition coefficient (Wildman–Crippen LogP) is 4.42. The van der Waals surface area contributed by atoms with E-state index in [4.69, 9.17) is 0 Å². The van der Waals surface area contributed by atoms with Crippen molar-refractivity contribution >= 4 is 34.9 Å². The molecule has 0 amide bonds. The van der Waals surface area contributed by atoms with Gasteiger partial charge < -0.3 is 10.0 Å². The highest BCUT2D eigenvalue weighted by Gasteiger charge is 2.22. The second kappa shape index (κ2) is 8.87. The summed E-state index contributed by atoms with van der Waals surface area (Å²) in [5.41, 5.74) is 0.990. The lowest BCUT2D eigenvalue weighted by Gasteiger charge is -2.29. The number of carbonyl (C=O) groups excluding carboxylic acids is 1. The van der Waals surface area contributed by atoms with Gasteiger partial charge in [-0.1, -0.05) is 42.5 Å². The maximum Gasteiger partial charge on any atom is 0.338 e. The predicted molar refractivity (Wildman–Crippen MR) is 106 cm³/mol. The first-order chi connectivity index (χ1) is 12.6. The lowest BCUT2D eigenvalue weighted by atomic mass is 10.1. The third kappa shape index (κ3) is 4.65. The number of ketones is 1. The molecule has 1 aliphatic heterocycles. The minimum atomic E-state index is -0.936. The van der Waals surface area contributed by atoms with Crippen LogP contribution in [0.4, 0.5) is 0 Å². The van der Waals surface area contributed by atoms with Crippen LogP contribution >= 0.6 is 23.1 Å². The van der Waals surface area contributed by atoms with Gasteiger partial charge in [0.25, 0.3) is 0 Å². The van der Waals surface area contributed by atoms with E-state index in [9.17, 15) is 14.7 Å². The van der Waals surface area contributed by atoms with Crippen LogP contribution in [0.3, 0.4) is 0 Å². The van der Waals surface area contributed by atoms with Crippen LogP contribution in [0.2, 0.25) is 0 Å². The van der Waals surface area contributed by atoms with Crippen molar-refractivity contribution in [3.63, 3.8) is 0 Å². The SMILES string of the molecule is O=C(O)C1=C(SCCC(=O)c2ccccc2)N(Cc2cccs2)CC=C1. The first-order valence-corrected chi connectivity index (χ1v) is 10.1. The highest BCUT2D eigenvalue weighted by Crippen LogP contribution is 2.31. The molecule has 1 aliphatic rings. The van der Waals surface area contributed by atoms with Crippen LogP contribution in [0, 0.1) is 0 Å². The third-order valence-corrected chi connectivity index (χ3v) is 5.97. The van der Waals surface area contributed by atoms with Crippen LogP contribution in [-0.2, 0) is 11.3 Å². The van der Waals surface area contributed by atoms with Crippen LogP contribution in [0.15, 0.2) is 70.6 Å². The molecule has 0 fully saturated rings. The number of benzene rings is 1. The molecule has 4 nitrogen and oxygen atoms in total. The lowest BCUT2D eigenvalue weighted by Crippen LogP contribution is -2.26. The van der Waals surface area contributed by atoms with Gasteiger partial charge in [0.05, 0.1) is 17.1 Å². The van der Waals surface area contributed by atoms with Crippen molar-refractivity contribution < 1.29 is 14.7 Å². The van der Waals surface area contributed by atoms with Crippen LogP contribution in [-0.4, -0.2) is 34.1 Å². The Bertz CT molecular complexity index is 826. The minimum Gasteiger partial charge on any atom is -0.478 e. The molecule has 0 atom stereocenters. The molecule has 6 heteroatoms. The van der Waals surface area contributed by atoms with E-state index in [-0.39, 0.29) is 5.78 Å². The number of aliphatic carboxylic acids is 1. The number of carboxylic acids is 1.